The minimum absolute atomic E-state index is 0.323. The van der Waals surface area contributed by atoms with Crippen molar-refractivity contribution in [2.24, 2.45) is 7.05 Å². The molecule has 0 aliphatic carbocycles. The van der Waals surface area contributed by atoms with Crippen LogP contribution in [0, 0.1) is 13.8 Å². The van der Waals surface area contributed by atoms with E-state index < -0.39 is 10.0 Å². The van der Waals surface area contributed by atoms with Gasteiger partial charge in [0.2, 0.25) is 10.0 Å². The molecule has 126 valence electrons. The second-order valence-corrected chi connectivity index (χ2v) is 7.94. The molecule has 1 aromatic heterocycles. The van der Waals surface area contributed by atoms with Crippen molar-refractivity contribution >= 4 is 20.9 Å². The lowest BCUT2D eigenvalue weighted by Gasteiger charge is -2.08. The summed E-state index contributed by atoms with van der Waals surface area (Å²) in [4.78, 5) is 0.323. The first kappa shape index (κ1) is 16.7. The number of sulfonamides is 1. The number of nitrogens with one attached hydrogen (secondary N) is 1. The van der Waals surface area contributed by atoms with Crippen molar-refractivity contribution in [1.29, 1.82) is 0 Å². The van der Waals surface area contributed by atoms with Gasteiger partial charge in [-0.2, -0.15) is 0 Å². The van der Waals surface area contributed by atoms with Gasteiger partial charge < -0.3 is 4.57 Å². The lowest BCUT2D eigenvalue weighted by atomic mass is 10.1. The van der Waals surface area contributed by atoms with Gasteiger partial charge in [0.15, 0.2) is 0 Å². The van der Waals surface area contributed by atoms with Crippen LogP contribution >= 0.6 is 0 Å². The molecule has 1 N–H and O–H groups in total. The maximum Gasteiger partial charge on any atom is 0.240 e. The Kier molecular flexibility index (Phi) is 4.47. The lowest BCUT2D eigenvalue weighted by molar-refractivity contribution is 0.581. The molecule has 0 saturated carbocycles. The predicted octanol–water partition coefficient (Wildman–Crippen LogP) is 3.32. The van der Waals surface area contributed by atoms with Gasteiger partial charge in [-0.1, -0.05) is 24.3 Å². The number of para-hydroxylation sites is 1. The zero-order chi connectivity index (χ0) is 17.3. The average molecular weight is 342 g/mol. The van der Waals surface area contributed by atoms with Crippen molar-refractivity contribution in [2.45, 2.75) is 25.2 Å². The molecule has 3 aromatic rings. The van der Waals surface area contributed by atoms with Gasteiger partial charge in [-0.05, 0) is 55.2 Å². The number of aryl methyl sites for hydroxylation is 3. The van der Waals surface area contributed by atoms with E-state index in [1.807, 2.05) is 39.1 Å². The van der Waals surface area contributed by atoms with E-state index in [1.54, 1.807) is 12.1 Å². The summed E-state index contributed by atoms with van der Waals surface area (Å²) in [6.45, 7) is 4.27. The largest absolute Gasteiger partial charge is 0.350 e. The van der Waals surface area contributed by atoms with Gasteiger partial charge in [0, 0.05) is 30.7 Å². The van der Waals surface area contributed by atoms with Crippen LogP contribution < -0.4 is 4.72 Å². The Hall–Kier alpha value is -2.11. The molecule has 4 nitrogen and oxygen atoms in total. The summed E-state index contributed by atoms with van der Waals surface area (Å²) in [7, 11) is -1.47. The number of nitrogens with zero attached hydrogens (tertiary/aromatic N) is 1. The van der Waals surface area contributed by atoms with Gasteiger partial charge in [0.05, 0.1) is 4.90 Å². The van der Waals surface area contributed by atoms with Crippen molar-refractivity contribution in [3.05, 3.63) is 65.4 Å². The second kappa shape index (κ2) is 6.42. The van der Waals surface area contributed by atoms with Gasteiger partial charge in [-0.3, -0.25) is 0 Å². The maximum atomic E-state index is 12.4. The topological polar surface area (TPSA) is 51.1 Å². The van der Waals surface area contributed by atoms with E-state index >= 15 is 0 Å². The monoisotopic (exact) mass is 342 g/mol. The van der Waals surface area contributed by atoms with E-state index in [0.717, 1.165) is 22.2 Å². The van der Waals surface area contributed by atoms with Crippen LogP contribution in [0.4, 0.5) is 0 Å². The molecule has 0 spiro atoms. The average Bonchev–Trinajstić information content (AvgIpc) is 2.87. The van der Waals surface area contributed by atoms with Crippen molar-refractivity contribution in [3.8, 4) is 0 Å². The Balaban J connectivity index is 1.74. The minimum atomic E-state index is -3.47. The molecule has 5 heteroatoms. The number of fused-ring (bicyclic) bond motifs is 1. The highest BCUT2D eigenvalue weighted by Crippen LogP contribution is 2.20. The summed E-state index contributed by atoms with van der Waals surface area (Å²) in [6.07, 6.45) is 2.72. The Morgan fingerprint density at radius 1 is 1.04 bits per heavy atom. The van der Waals surface area contributed by atoms with Crippen LogP contribution in [0.2, 0.25) is 0 Å². The van der Waals surface area contributed by atoms with Crippen molar-refractivity contribution in [3.63, 3.8) is 0 Å². The van der Waals surface area contributed by atoms with Crippen LogP contribution in [-0.2, 0) is 23.5 Å². The van der Waals surface area contributed by atoms with Crippen LogP contribution in [-0.4, -0.2) is 19.5 Å². The third-order valence-corrected chi connectivity index (χ3v) is 5.91. The Morgan fingerprint density at radius 2 is 1.79 bits per heavy atom. The van der Waals surface area contributed by atoms with Gasteiger partial charge in [0.1, 0.15) is 0 Å². The molecule has 0 saturated heterocycles. The van der Waals surface area contributed by atoms with Gasteiger partial charge in [0.25, 0.3) is 0 Å². The summed E-state index contributed by atoms with van der Waals surface area (Å²) >= 11 is 0. The SMILES string of the molecule is Cc1ccc(S(=O)(=O)NCCc2cn(C)c3ccccc23)cc1C. The Morgan fingerprint density at radius 3 is 2.54 bits per heavy atom. The first-order valence-corrected chi connectivity index (χ1v) is 9.46. The van der Waals surface area contributed by atoms with E-state index in [9.17, 15) is 8.42 Å². The summed E-state index contributed by atoms with van der Waals surface area (Å²) in [5.41, 5.74) is 4.37. The number of rotatable bonds is 5. The zero-order valence-corrected chi connectivity index (χ0v) is 15.0. The van der Waals surface area contributed by atoms with Gasteiger partial charge in [-0.15, -0.1) is 0 Å². The minimum Gasteiger partial charge on any atom is -0.350 e. The van der Waals surface area contributed by atoms with Crippen molar-refractivity contribution in [2.75, 3.05) is 6.54 Å². The Bertz CT molecular complexity index is 988. The molecule has 24 heavy (non-hydrogen) atoms. The van der Waals surface area contributed by atoms with E-state index in [2.05, 4.69) is 27.6 Å². The number of hydrogen-bond acceptors (Lipinski definition) is 2. The van der Waals surface area contributed by atoms with Crippen LogP contribution in [0.3, 0.4) is 0 Å². The fourth-order valence-electron chi connectivity index (χ4n) is 2.91. The highest BCUT2D eigenvalue weighted by atomic mass is 32.2. The maximum absolute atomic E-state index is 12.4. The van der Waals surface area contributed by atoms with Crippen LogP contribution in [0.5, 0.6) is 0 Å². The van der Waals surface area contributed by atoms with E-state index in [-0.39, 0.29) is 0 Å². The van der Waals surface area contributed by atoms with Gasteiger partial charge >= 0.3 is 0 Å². The van der Waals surface area contributed by atoms with Crippen LogP contribution in [0.1, 0.15) is 16.7 Å². The third-order valence-electron chi connectivity index (χ3n) is 4.45. The summed E-state index contributed by atoms with van der Waals surface area (Å²) in [5, 5.41) is 1.17. The molecule has 2 aromatic carbocycles. The molecule has 0 atom stereocenters. The first-order chi connectivity index (χ1) is 11.4. The van der Waals surface area contributed by atoms with Gasteiger partial charge in [-0.25, -0.2) is 13.1 Å². The fraction of sp³-hybridized carbons (Fsp3) is 0.263. The molecular weight excluding hydrogens is 320 g/mol. The standard InChI is InChI=1S/C19H22N2O2S/c1-14-8-9-17(12-15(14)2)24(22,23)20-11-10-16-13-21(3)19-7-5-4-6-18(16)19/h4-9,12-13,20H,10-11H2,1-3H3. The van der Waals surface area contributed by atoms with Crippen molar-refractivity contribution < 1.29 is 8.42 Å². The highest BCUT2D eigenvalue weighted by molar-refractivity contribution is 7.89. The zero-order valence-electron chi connectivity index (χ0n) is 14.2. The second-order valence-electron chi connectivity index (χ2n) is 6.18. The quantitative estimate of drug-likeness (QED) is 0.773. The molecule has 0 aliphatic rings. The molecule has 0 aliphatic heterocycles. The van der Waals surface area contributed by atoms with E-state index in [1.165, 1.54) is 5.39 Å². The van der Waals surface area contributed by atoms with Crippen LogP contribution in [0.25, 0.3) is 10.9 Å². The summed E-state index contributed by atoms with van der Waals surface area (Å²) in [5.74, 6) is 0. The lowest BCUT2D eigenvalue weighted by Crippen LogP contribution is -2.26. The molecule has 3 rings (SSSR count). The molecule has 0 amide bonds. The molecule has 1 heterocycles. The number of hydrogen-bond donors (Lipinski definition) is 1. The molecule has 0 bridgehead atoms. The molecule has 0 fully saturated rings. The predicted molar refractivity (Wildman–Crippen MR) is 97.7 cm³/mol. The molecule has 0 unspecified atom stereocenters. The highest BCUT2D eigenvalue weighted by Gasteiger charge is 2.14. The number of benzene rings is 2. The summed E-state index contributed by atoms with van der Waals surface area (Å²) in [6, 6.07) is 13.4. The van der Waals surface area contributed by atoms with E-state index in [0.29, 0.717) is 17.9 Å². The molecular formula is C19H22N2O2S. The Labute approximate surface area is 143 Å². The summed E-state index contributed by atoms with van der Waals surface area (Å²) < 4.78 is 29.7. The normalized spacial score (nSPS) is 12.0. The number of aromatic nitrogens is 1. The first-order valence-electron chi connectivity index (χ1n) is 7.98. The fourth-order valence-corrected chi connectivity index (χ4v) is 4.03. The molecule has 0 radical (unpaired) electrons. The smallest absolute Gasteiger partial charge is 0.240 e. The third kappa shape index (κ3) is 3.23. The van der Waals surface area contributed by atoms with Crippen molar-refractivity contribution in [1.82, 2.24) is 9.29 Å². The van der Waals surface area contributed by atoms with Crippen LogP contribution in [0.15, 0.2) is 53.6 Å². The van der Waals surface area contributed by atoms with E-state index in [4.69, 9.17) is 0 Å².